The number of likely N-dealkylation sites (tertiary alicyclic amines) is 1. The zero-order valence-corrected chi connectivity index (χ0v) is 12.5. The Labute approximate surface area is 125 Å². The molecule has 0 radical (unpaired) electrons. The molecule has 2 N–H and O–H groups in total. The fourth-order valence-corrected chi connectivity index (χ4v) is 2.60. The number of amides is 2. The number of benzene rings is 1. The lowest BCUT2D eigenvalue weighted by Gasteiger charge is -2.25. The molecule has 0 saturated carbocycles. The van der Waals surface area contributed by atoms with Crippen molar-refractivity contribution in [2.45, 2.75) is 32.2 Å². The number of nitrogens with zero attached hydrogens (tertiary/aromatic N) is 1. The maximum Gasteiger partial charge on any atom is 0.317 e. The normalized spacial score (nSPS) is 20.9. The summed E-state index contributed by atoms with van der Waals surface area (Å²) in [6.45, 7) is 4.85. The summed E-state index contributed by atoms with van der Waals surface area (Å²) in [5.74, 6) is -1.05. The summed E-state index contributed by atoms with van der Waals surface area (Å²) < 4.78 is 0. The fraction of sp³-hybridized carbons (Fsp3) is 0.500. The molecular formula is C16H22N2O3. The number of nitrogens with one attached hydrogen (secondary N) is 1. The van der Waals surface area contributed by atoms with Crippen molar-refractivity contribution in [3.63, 3.8) is 0 Å². The van der Waals surface area contributed by atoms with Crippen LogP contribution in [0.1, 0.15) is 31.7 Å². The van der Waals surface area contributed by atoms with Crippen molar-refractivity contribution in [1.29, 1.82) is 0 Å². The number of rotatable bonds is 4. The third-order valence-corrected chi connectivity index (χ3v) is 4.25. The predicted molar refractivity (Wildman–Crippen MR) is 80.2 cm³/mol. The highest BCUT2D eigenvalue weighted by Gasteiger charge is 2.31. The van der Waals surface area contributed by atoms with E-state index in [1.807, 2.05) is 37.3 Å². The van der Waals surface area contributed by atoms with Crippen LogP contribution < -0.4 is 5.32 Å². The lowest BCUT2D eigenvalue weighted by Crippen LogP contribution is -2.44. The molecule has 0 bridgehead atoms. The minimum atomic E-state index is -0.823. The third-order valence-electron chi connectivity index (χ3n) is 4.25. The number of hydrogen-bond acceptors (Lipinski definition) is 2. The Kier molecular flexibility index (Phi) is 4.83. The summed E-state index contributed by atoms with van der Waals surface area (Å²) >= 11 is 0. The Morgan fingerprint density at radius 2 is 1.95 bits per heavy atom. The van der Waals surface area contributed by atoms with Gasteiger partial charge in [-0.05, 0) is 18.9 Å². The van der Waals surface area contributed by atoms with E-state index in [1.54, 1.807) is 4.90 Å². The van der Waals surface area contributed by atoms with Crippen LogP contribution in [0.2, 0.25) is 0 Å². The van der Waals surface area contributed by atoms with Crippen LogP contribution in [-0.4, -0.2) is 41.1 Å². The van der Waals surface area contributed by atoms with E-state index in [0.29, 0.717) is 19.5 Å². The van der Waals surface area contributed by atoms with Crippen molar-refractivity contribution in [2.24, 2.45) is 5.92 Å². The summed E-state index contributed by atoms with van der Waals surface area (Å²) in [4.78, 5) is 24.7. The van der Waals surface area contributed by atoms with Gasteiger partial charge < -0.3 is 15.3 Å². The number of urea groups is 1. The quantitative estimate of drug-likeness (QED) is 0.894. The van der Waals surface area contributed by atoms with Gasteiger partial charge in [0.25, 0.3) is 0 Å². The lowest BCUT2D eigenvalue weighted by atomic mass is 9.94. The number of carboxylic acid groups (broad SMARTS) is 1. The summed E-state index contributed by atoms with van der Waals surface area (Å²) in [5, 5.41) is 11.9. The summed E-state index contributed by atoms with van der Waals surface area (Å²) in [6, 6.07) is 9.84. The van der Waals surface area contributed by atoms with Crippen LogP contribution in [-0.2, 0) is 4.79 Å². The molecule has 0 aliphatic carbocycles. The first-order valence-corrected chi connectivity index (χ1v) is 7.32. The van der Waals surface area contributed by atoms with E-state index in [0.717, 1.165) is 0 Å². The van der Waals surface area contributed by atoms with E-state index in [4.69, 9.17) is 5.11 Å². The molecule has 2 amide bonds. The Bertz CT molecular complexity index is 504. The Hall–Kier alpha value is -2.04. The Balaban J connectivity index is 1.89. The monoisotopic (exact) mass is 290 g/mol. The summed E-state index contributed by atoms with van der Waals surface area (Å²) in [7, 11) is 0. The van der Waals surface area contributed by atoms with E-state index in [1.165, 1.54) is 5.56 Å². The minimum Gasteiger partial charge on any atom is -0.481 e. The number of carbonyl (C=O) groups is 2. The van der Waals surface area contributed by atoms with Crippen molar-refractivity contribution in [3.05, 3.63) is 35.9 Å². The summed E-state index contributed by atoms with van der Waals surface area (Å²) in [5.41, 5.74) is 1.18. The van der Waals surface area contributed by atoms with Crippen LogP contribution in [0.5, 0.6) is 0 Å². The molecule has 1 aromatic carbocycles. The molecule has 3 atom stereocenters. The van der Waals surface area contributed by atoms with Gasteiger partial charge in [-0.2, -0.15) is 0 Å². The first-order chi connectivity index (χ1) is 9.99. The van der Waals surface area contributed by atoms with Crippen molar-refractivity contribution < 1.29 is 14.7 Å². The van der Waals surface area contributed by atoms with Crippen molar-refractivity contribution >= 4 is 12.0 Å². The smallest absolute Gasteiger partial charge is 0.317 e. The molecule has 0 spiro atoms. The number of carbonyl (C=O) groups excluding carboxylic acids is 1. The SMILES string of the molecule is CC(NC(=O)N1CCC(C(=O)O)C1)C(C)c1ccccc1. The van der Waals surface area contributed by atoms with E-state index >= 15 is 0 Å². The number of hydrogen-bond donors (Lipinski definition) is 2. The van der Waals surface area contributed by atoms with Gasteiger partial charge in [0.05, 0.1) is 5.92 Å². The molecule has 114 valence electrons. The van der Waals surface area contributed by atoms with Crippen LogP contribution >= 0.6 is 0 Å². The molecule has 0 aromatic heterocycles. The zero-order chi connectivity index (χ0) is 15.4. The van der Waals surface area contributed by atoms with Gasteiger partial charge in [-0.1, -0.05) is 37.3 Å². The van der Waals surface area contributed by atoms with Crippen LogP contribution in [0.15, 0.2) is 30.3 Å². The van der Waals surface area contributed by atoms with E-state index in [9.17, 15) is 9.59 Å². The minimum absolute atomic E-state index is 0.0104. The third kappa shape index (κ3) is 3.74. The average Bonchev–Trinajstić information content (AvgIpc) is 2.97. The zero-order valence-electron chi connectivity index (χ0n) is 12.5. The topological polar surface area (TPSA) is 69.6 Å². The van der Waals surface area contributed by atoms with Gasteiger partial charge in [0.15, 0.2) is 0 Å². The van der Waals surface area contributed by atoms with Crippen LogP contribution in [0.4, 0.5) is 4.79 Å². The molecule has 1 heterocycles. The van der Waals surface area contributed by atoms with Gasteiger partial charge in [-0.25, -0.2) is 4.79 Å². The van der Waals surface area contributed by atoms with Crippen LogP contribution in [0, 0.1) is 5.92 Å². The van der Waals surface area contributed by atoms with E-state index in [-0.39, 0.29) is 18.0 Å². The molecule has 1 aliphatic rings. The molecule has 5 heteroatoms. The predicted octanol–water partition coefficient (Wildman–Crippen LogP) is 2.29. The second-order valence-corrected chi connectivity index (χ2v) is 5.71. The molecule has 1 fully saturated rings. The average molecular weight is 290 g/mol. The first kappa shape index (κ1) is 15.4. The van der Waals surface area contributed by atoms with E-state index < -0.39 is 11.9 Å². The maximum absolute atomic E-state index is 12.2. The van der Waals surface area contributed by atoms with E-state index in [2.05, 4.69) is 12.2 Å². The lowest BCUT2D eigenvalue weighted by molar-refractivity contribution is -0.141. The molecule has 1 aromatic rings. The highest BCUT2D eigenvalue weighted by Crippen LogP contribution is 2.20. The maximum atomic E-state index is 12.2. The van der Waals surface area contributed by atoms with Gasteiger partial charge in [-0.3, -0.25) is 4.79 Å². The largest absolute Gasteiger partial charge is 0.481 e. The number of carboxylic acids is 1. The number of aliphatic carboxylic acids is 1. The summed E-state index contributed by atoms with van der Waals surface area (Å²) in [6.07, 6.45) is 0.533. The molecule has 1 aliphatic heterocycles. The van der Waals surface area contributed by atoms with Gasteiger partial charge >= 0.3 is 12.0 Å². The Morgan fingerprint density at radius 3 is 2.52 bits per heavy atom. The molecule has 21 heavy (non-hydrogen) atoms. The van der Waals surface area contributed by atoms with Crippen molar-refractivity contribution in [3.8, 4) is 0 Å². The van der Waals surface area contributed by atoms with Crippen molar-refractivity contribution in [2.75, 3.05) is 13.1 Å². The highest BCUT2D eigenvalue weighted by atomic mass is 16.4. The second-order valence-electron chi connectivity index (χ2n) is 5.71. The second kappa shape index (κ2) is 6.61. The standard InChI is InChI=1S/C16H22N2O3/c1-11(13-6-4-3-5-7-13)12(2)17-16(21)18-9-8-14(10-18)15(19)20/h3-7,11-12,14H,8-10H2,1-2H3,(H,17,21)(H,19,20). The van der Waals surface area contributed by atoms with Gasteiger partial charge in [0.2, 0.25) is 0 Å². The van der Waals surface area contributed by atoms with Gasteiger partial charge in [-0.15, -0.1) is 0 Å². The van der Waals surface area contributed by atoms with Gasteiger partial charge in [0, 0.05) is 25.0 Å². The molecule has 1 saturated heterocycles. The molecular weight excluding hydrogens is 268 g/mol. The molecule has 3 unspecified atom stereocenters. The molecule has 5 nitrogen and oxygen atoms in total. The fourth-order valence-electron chi connectivity index (χ4n) is 2.60. The first-order valence-electron chi connectivity index (χ1n) is 7.32. The van der Waals surface area contributed by atoms with Crippen molar-refractivity contribution in [1.82, 2.24) is 10.2 Å². The molecule has 2 rings (SSSR count). The van der Waals surface area contributed by atoms with Crippen LogP contribution in [0.25, 0.3) is 0 Å². The van der Waals surface area contributed by atoms with Crippen LogP contribution in [0.3, 0.4) is 0 Å². The highest BCUT2D eigenvalue weighted by molar-refractivity contribution is 5.77. The van der Waals surface area contributed by atoms with Gasteiger partial charge in [0.1, 0.15) is 0 Å². The Morgan fingerprint density at radius 1 is 1.29 bits per heavy atom.